The molecule has 0 saturated carbocycles. The molecule has 0 aliphatic rings. The van der Waals surface area contributed by atoms with Crippen LogP contribution in [0.5, 0.6) is 0 Å². The molecule has 0 bridgehead atoms. The SMILES string of the molecule is CCN(Cc1c(F)cccc1F)C(=O)C(C)NS(=O)(=O)c1ccc(C(N)=O)cc1. The van der Waals surface area contributed by atoms with E-state index in [4.69, 9.17) is 5.73 Å². The number of amides is 2. The van der Waals surface area contributed by atoms with Crippen molar-refractivity contribution in [2.45, 2.75) is 31.3 Å². The van der Waals surface area contributed by atoms with Gasteiger partial charge in [-0.1, -0.05) is 6.07 Å². The van der Waals surface area contributed by atoms with Crippen LogP contribution in [0, 0.1) is 11.6 Å². The van der Waals surface area contributed by atoms with Crippen LogP contribution in [0.15, 0.2) is 47.4 Å². The quantitative estimate of drug-likeness (QED) is 0.672. The smallest absolute Gasteiger partial charge is 0.248 e. The van der Waals surface area contributed by atoms with Gasteiger partial charge in [-0.2, -0.15) is 4.72 Å². The highest BCUT2D eigenvalue weighted by atomic mass is 32.2. The Morgan fingerprint density at radius 3 is 2.14 bits per heavy atom. The van der Waals surface area contributed by atoms with Crippen LogP contribution in [-0.2, 0) is 21.4 Å². The third-order valence-electron chi connectivity index (χ3n) is 4.26. The number of halogens is 2. The lowest BCUT2D eigenvalue weighted by Crippen LogP contribution is -2.46. The Bertz CT molecular complexity index is 990. The molecule has 0 aliphatic heterocycles. The topological polar surface area (TPSA) is 110 Å². The van der Waals surface area contributed by atoms with E-state index in [2.05, 4.69) is 4.72 Å². The number of carbonyl (C=O) groups excluding carboxylic acids is 2. The molecule has 2 aromatic rings. The first-order chi connectivity index (χ1) is 13.6. The summed E-state index contributed by atoms with van der Waals surface area (Å²) in [6.45, 7) is 2.72. The number of primary amides is 1. The van der Waals surface area contributed by atoms with Crippen molar-refractivity contribution in [1.82, 2.24) is 9.62 Å². The Morgan fingerprint density at radius 1 is 1.10 bits per heavy atom. The van der Waals surface area contributed by atoms with E-state index >= 15 is 0 Å². The summed E-state index contributed by atoms with van der Waals surface area (Å²) in [5.74, 6) is -2.94. The summed E-state index contributed by atoms with van der Waals surface area (Å²) in [7, 11) is -4.08. The Labute approximate surface area is 167 Å². The molecule has 156 valence electrons. The second-order valence-corrected chi connectivity index (χ2v) is 8.00. The number of benzene rings is 2. The van der Waals surface area contributed by atoms with Crippen molar-refractivity contribution in [2.24, 2.45) is 5.73 Å². The van der Waals surface area contributed by atoms with Gasteiger partial charge in [-0.05, 0) is 50.2 Å². The fourth-order valence-corrected chi connectivity index (χ4v) is 3.84. The molecule has 0 radical (unpaired) electrons. The first-order valence-electron chi connectivity index (χ1n) is 8.70. The van der Waals surface area contributed by atoms with Crippen molar-refractivity contribution in [1.29, 1.82) is 0 Å². The van der Waals surface area contributed by atoms with Gasteiger partial charge in [0.25, 0.3) is 0 Å². The van der Waals surface area contributed by atoms with Gasteiger partial charge in [0.1, 0.15) is 11.6 Å². The number of hydrogen-bond donors (Lipinski definition) is 2. The van der Waals surface area contributed by atoms with Gasteiger partial charge < -0.3 is 10.6 Å². The van der Waals surface area contributed by atoms with Gasteiger partial charge in [-0.3, -0.25) is 9.59 Å². The predicted molar refractivity (Wildman–Crippen MR) is 102 cm³/mol. The number of sulfonamides is 1. The molecule has 0 saturated heterocycles. The predicted octanol–water partition coefficient (Wildman–Crippen LogP) is 1.78. The molecule has 0 aliphatic carbocycles. The summed E-state index contributed by atoms with van der Waals surface area (Å²) >= 11 is 0. The molecular weight excluding hydrogens is 404 g/mol. The second kappa shape index (κ2) is 9.10. The molecule has 2 amide bonds. The van der Waals surface area contributed by atoms with Crippen molar-refractivity contribution in [2.75, 3.05) is 6.54 Å². The Morgan fingerprint density at radius 2 is 1.66 bits per heavy atom. The molecule has 10 heteroatoms. The largest absolute Gasteiger partial charge is 0.366 e. The molecule has 0 aromatic heterocycles. The van der Waals surface area contributed by atoms with Crippen LogP contribution in [0.2, 0.25) is 0 Å². The second-order valence-electron chi connectivity index (χ2n) is 6.28. The molecule has 0 spiro atoms. The van der Waals surface area contributed by atoms with Crippen LogP contribution in [0.3, 0.4) is 0 Å². The highest BCUT2D eigenvalue weighted by molar-refractivity contribution is 7.89. The molecular formula is C19H21F2N3O4S. The van der Waals surface area contributed by atoms with E-state index in [1.54, 1.807) is 6.92 Å². The maximum absolute atomic E-state index is 13.9. The molecule has 2 rings (SSSR count). The molecule has 3 N–H and O–H groups in total. The van der Waals surface area contributed by atoms with Crippen LogP contribution < -0.4 is 10.5 Å². The van der Waals surface area contributed by atoms with Gasteiger partial charge in [0.2, 0.25) is 21.8 Å². The monoisotopic (exact) mass is 425 g/mol. The van der Waals surface area contributed by atoms with Crippen molar-refractivity contribution in [3.63, 3.8) is 0 Å². The first kappa shape index (κ1) is 22.4. The van der Waals surface area contributed by atoms with E-state index < -0.39 is 39.5 Å². The zero-order chi connectivity index (χ0) is 21.8. The van der Waals surface area contributed by atoms with Gasteiger partial charge in [0, 0.05) is 17.7 Å². The van der Waals surface area contributed by atoms with Gasteiger partial charge in [-0.25, -0.2) is 17.2 Å². The fourth-order valence-electron chi connectivity index (χ4n) is 2.64. The number of carbonyl (C=O) groups is 2. The zero-order valence-electron chi connectivity index (χ0n) is 15.9. The van der Waals surface area contributed by atoms with Crippen LogP contribution in [0.4, 0.5) is 8.78 Å². The molecule has 29 heavy (non-hydrogen) atoms. The van der Waals surface area contributed by atoms with Gasteiger partial charge in [0.15, 0.2) is 0 Å². The Balaban J connectivity index is 2.16. The van der Waals surface area contributed by atoms with Gasteiger partial charge in [0.05, 0.1) is 17.5 Å². The summed E-state index contributed by atoms with van der Waals surface area (Å²) in [5, 5.41) is 0. The standard InChI is InChI=1S/C19H21F2N3O4S/c1-3-24(11-15-16(20)5-4-6-17(15)21)19(26)12(2)23-29(27,28)14-9-7-13(8-10-14)18(22)25/h4-10,12,23H,3,11H2,1-2H3,(H2,22,25). The van der Waals surface area contributed by atoms with Crippen LogP contribution in [0.25, 0.3) is 0 Å². The van der Waals surface area contributed by atoms with E-state index in [-0.39, 0.29) is 29.1 Å². The van der Waals surface area contributed by atoms with Crippen molar-refractivity contribution in [3.05, 3.63) is 65.2 Å². The van der Waals surface area contributed by atoms with E-state index in [9.17, 15) is 26.8 Å². The average Bonchev–Trinajstić information content (AvgIpc) is 2.67. The maximum Gasteiger partial charge on any atom is 0.248 e. The highest BCUT2D eigenvalue weighted by Crippen LogP contribution is 2.16. The van der Waals surface area contributed by atoms with Gasteiger partial charge >= 0.3 is 0 Å². The molecule has 7 nitrogen and oxygen atoms in total. The molecule has 1 atom stereocenters. The average molecular weight is 425 g/mol. The summed E-state index contributed by atoms with van der Waals surface area (Å²) in [5.41, 5.74) is 4.98. The number of nitrogens with two attached hydrogens (primary N) is 1. The summed E-state index contributed by atoms with van der Waals surface area (Å²) < 4.78 is 54.9. The fraction of sp³-hybridized carbons (Fsp3) is 0.263. The molecule has 0 fully saturated rings. The lowest BCUT2D eigenvalue weighted by molar-refractivity contribution is -0.133. The Hall–Kier alpha value is -2.85. The van der Waals surface area contributed by atoms with Crippen LogP contribution in [0.1, 0.15) is 29.8 Å². The molecule has 1 unspecified atom stereocenters. The molecule has 2 aromatic carbocycles. The first-order valence-corrected chi connectivity index (χ1v) is 10.2. The summed E-state index contributed by atoms with van der Waals surface area (Å²) in [4.78, 5) is 24.7. The lowest BCUT2D eigenvalue weighted by Gasteiger charge is -2.25. The number of likely N-dealkylation sites (N-methyl/N-ethyl adjacent to an activating group) is 1. The van der Waals surface area contributed by atoms with E-state index in [0.717, 1.165) is 17.0 Å². The highest BCUT2D eigenvalue weighted by Gasteiger charge is 2.26. The van der Waals surface area contributed by atoms with E-state index in [1.165, 1.54) is 37.3 Å². The minimum atomic E-state index is -4.08. The lowest BCUT2D eigenvalue weighted by atomic mass is 10.1. The van der Waals surface area contributed by atoms with Gasteiger partial charge in [-0.15, -0.1) is 0 Å². The minimum Gasteiger partial charge on any atom is -0.366 e. The van der Waals surface area contributed by atoms with Crippen LogP contribution >= 0.6 is 0 Å². The third kappa shape index (κ3) is 5.36. The van der Waals surface area contributed by atoms with Crippen molar-refractivity contribution < 1.29 is 26.8 Å². The zero-order valence-corrected chi connectivity index (χ0v) is 16.7. The van der Waals surface area contributed by atoms with Crippen LogP contribution in [-0.4, -0.2) is 37.7 Å². The number of hydrogen-bond acceptors (Lipinski definition) is 4. The minimum absolute atomic E-state index is 0.117. The van der Waals surface area contributed by atoms with Crippen molar-refractivity contribution in [3.8, 4) is 0 Å². The van der Waals surface area contributed by atoms with E-state index in [1.807, 2.05) is 0 Å². The Kier molecular flexibility index (Phi) is 7.04. The summed E-state index contributed by atoms with van der Waals surface area (Å²) in [6, 6.07) is 7.07. The van der Waals surface area contributed by atoms with E-state index in [0.29, 0.717) is 0 Å². The maximum atomic E-state index is 13.9. The van der Waals surface area contributed by atoms with Crippen molar-refractivity contribution >= 4 is 21.8 Å². The molecule has 0 heterocycles. The number of nitrogens with zero attached hydrogens (tertiary/aromatic N) is 1. The normalized spacial score (nSPS) is 12.4. The summed E-state index contributed by atoms with van der Waals surface area (Å²) in [6.07, 6.45) is 0. The third-order valence-corrected chi connectivity index (χ3v) is 5.81. The number of nitrogens with one attached hydrogen (secondary N) is 1. The number of rotatable bonds is 8.